The van der Waals surface area contributed by atoms with Crippen LogP contribution in [-0.4, -0.2) is 74.5 Å². The number of nitrogens with zero attached hydrogens (tertiary/aromatic N) is 5. The van der Waals surface area contributed by atoms with E-state index in [9.17, 15) is 9.59 Å². The van der Waals surface area contributed by atoms with Gasteiger partial charge in [-0.1, -0.05) is 0 Å². The maximum atomic E-state index is 13.4. The molecule has 2 aromatic carbocycles. The van der Waals surface area contributed by atoms with Gasteiger partial charge >= 0.3 is 6.03 Å². The molecule has 5 heterocycles. The predicted octanol–water partition coefficient (Wildman–Crippen LogP) is 4.30. The second-order valence-electron chi connectivity index (χ2n) is 9.67. The molecule has 0 atom stereocenters. The second kappa shape index (κ2) is 10.4. The molecule has 3 aliphatic rings. The number of thiophene rings is 1. The molecule has 204 valence electrons. The Labute approximate surface area is 234 Å². The highest BCUT2D eigenvalue weighted by atomic mass is 32.1. The molecule has 0 bridgehead atoms. The molecule has 12 heteroatoms. The van der Waals surface area contributed by atoms with Gasteiger partial charge in [0.25, 0.3) is 5.91 Å². The number of carbonyl (C=O) groups is 2. The summed E-state index contributed by atoms with van der Waals surface area (Å²) in [5.74, 6) is 0.139. The summed E-state index contributed by atoms with van der Waals surface area (Å²) in [6.07, 6.45) is 1.43. The van der Waals surface area contributed by atoms with Crippen LogP contribution in [0.3, 0.4) is 0 Å². The van der Waals surface area contributed by atoms with Gasteiger partial charge in [0.1, 0.15) is 16.0 Å². The van der Waals surface area contributed by atoms with Gasteiger partial charge < -0.3 is 29.9 Å². The van der Waals surface area contributed by atoms with Crippen LogP contribution in [0.5, 0.6) is 0 Å². The SMILES string of the molecule is O=C(Nc1ccc(N2CCOCC2)cc1)c1sc2ncnc3c2c1NC(=O)N3c1ccc(N2CCOCC2)cc1. The Hall–Kier alpha value is -4.26. The Bertz CT molecular complexity index is 1560. The molecule has 0 saturated carbocycles. The van der Waals surface area contributed by atoms with Crippen LogP contribution in [0.4, 0.5) is 39.0 Å². The zero-order valence-electron chi connectivity index (χ0n) is 21.6. The van der Waals surface area contributed by atoms with Gasteiger partial charge in [0.15, 0.2) is 5.82 Å². The molecule has 2 aromatic heterocycles. The minimum absolute atomic E-state index is 0.313. The van der Waals surface area contributed by atoms with E-state index in [1.165, 1.54) is 22.6 Å². The number of aromatic nitrogens is 2. The fraction of sp³-hybridized carbons (Fsp3) is 0.286. The summed E-state index contributed by atoms with van der Waals surface area (Å²) in [6, 6.07) is 15.2. The first-order valence-electron chi connectivity index (χ1n) is 13.2. The van der Waals surface area contributed by atoms with Crippen LogP contribution in [0.25, 0.3) is 10.2 Å². The van der Waals surface area contributed by atoms with Gasteiger partial charge in [0.05, 0.1) is 43.2 Å². The number of hydrogen-bond acceptors (Lipinski definition) is 9. The molecule has 0 spiro atoms. The van der Waals surface area contributed by atoms with E-state index < -0.39 is 0 Å². The lowest BCUT2D eigenvalue weighted by Gasteiger charge is -2.30. The van der Waals surface area contributed by atoms with E-state index in [1.807, 2.05) is 48.5 Å². The first-order chi connectivity index (χ1) is 19.7. The first-order valence-corrected chi connectivity index (χ1v) is 14.0. The monoisotopic (exact) mass is 557 g/mol. The van der Waals surface area contributed by atoms with Crippen LogP contribution in [0.15, 0.2) is 54.9 Å². The van der Waals surface area contributed by atoms with E-state index in [1.54, 1.807) is 0 Å². The van der Waals surface area contributed by atoms with Crippen molar-refractivity contribution in [1.29, 1.82) is 0 Å². The highest BCUT2D eigenvalue weighted by Crippen LogP contribution is 2.45. The maximum absolute atomic E-state index is 13.4. The van der Waals surface area contributed by atoms with Crippen molar-refractivity contribution in [3.63, 3.8) is 0 Å². The number of ether oxygens (including phenoxy) is 2. The fourth-order valence-electron chi connectivity index (χ4n) is 5.26. The maximum Gasteiger partial charge on any atom is 0.332 e. The highest BCUT2D eigenvalue weighted by Gasteiger charge is 2.34. The van der Waals surface area contributed by atoms with E-state index in [4.69, 9.17) is 9.47 Å². The van der Waals surface area contributed by atoms with E-state index in [2.05, 4.69) is 30.4 Å². The Morgan fingerprint density at radius 2 is 1.40 bits per heavy atom. The van der Waals surface area contributed by atoms with Crippen molar-refractivity contribution in [2.45, 2.75) is 0 Å². The van der Waals surface area contributed by atoms with Crippen molar-refractivity contribution < 1.29 is 19.1 Å². The van der Waals surface area contributed by atoms with Crippen molar-refractivity contribution in [1.82, 2.24) is 9.97 Å². The number of urea groups is 1. The normalized spacial score (nSPS) is 17.2. The smallest absolute Gasteiger partial charge is 0.332 e. The van der Waals surface area contributed by atoms with Gasteiger partial charge in [-0.3, -0.25) is 4.79 Å². The summed E-state index contributed by atoms with van der Waals surface area (Å²) in [7, 11) is 0. The summed E-state index contributed by atoms with van der Waals surface area (Å²) >= 11 is 1.23. The Kier molecular flexibility index (Phi) is 6.42. The summed E-state index contributed by atoms with van der Waals surface area (Å²) in [5.41, 5.74) is 3.94. The van der Waals surface area contributed by atoms with Crippen LogP contribution in [0.2, 0.25) is 0 Å². The molecule has 40 heavy (non-hydrogen) atoms. The number of nitrogens with one attached hydrogen (secondary N) is 2. The van der Waals surface area contributed by atoms with Crippen molar-refractivity contribution in [2.24, 2.45) is 0 Å². The summed E-state index contributed by atoms with van der Waals surface area (Å²) in [5, 5.41) is 6.54. The van der Waals surface area contributed by atoms with Crippen LogP contribution < -0.4 is 25.3 Å². The third kappa shape index (κ3) is 4.49. The zero-order chi connectivity index (χ0) is 27.1. The van der Waals surface area contributed by atoms with Crippen LogP contribution in [0.1, 0.15) is 9.67 Å². The lowest BCUT2D eigenvalue weighted by molar-refractivity contribution is 0.103. The van der Waals surface area contributed by atoms with E-state index in [0.717, 1.165) is 37.6 Å². The van der Waals surface area contributed by atoms with Crippen LogP contribution >= 0.6 is 11.3 Å². The molecule has 2 fully saturated rings. The topological polar surface area (TPSA) is 112 Å². The van der Waals surface area contributed by atoms with E-state index in [-0.39, 0.29) is 11.9 Å². The molecule has 0 aliphatic carbocycles. The summed E-state index contributed by atoms with van der Waals surface area (Å²) in [6.45, 7) is 6.16. The molecule has 11 nitrogen and oxygen atoms in total. The Morgan fingerprint density at radius 3 is 2.02 bits per heavy atom. The first kappa shape index (κ1) is 24.8. The molecule has 2 N–H and O–H groups in total. The number of anilines is 6. The third-order valence-electron chi connectivity index (χ3n) is 7.31. The lowest BCUT2D eigenvalue weighted by atomic mass is 10.1. The number of hydrogen-bond donors (Lipinski definition) is 2. The van der Waals surface area contributed by atoms with Crippen molar-refractivity contribution >= 4 is 67.7 Å². The largest absolute Gasteiger partial charge is 0.378 e. The summed E-state index contributed by atoms with van der Waals surface area (Å²) in [4.78, 5) is 42.7. The quantitative estimate of drug-likeness (QED) is 0.374. The van der Waals surface area contributed by atoms with Crippen molar-refractivity contribution in [3.05, 3.63) is 59.7 Å². The molecule has 2 saturated heterocycles. The van der Waals surface area contributed by atoms with E-state index >= 15 is 0 Å². The third-order valence-corrected chi connectivity index (χ3v) is 8.40. The van der Waals surface area contributed by atoms with Gasteiger partial charge in [-0.15, -0.1) is 11.3 Å². The van der Waals surface area contributed by atoms with E-state index in [0.29, 0.717) is 64.4 Å². The van der Waals surface area contributed by atoms with Gasteiger partial charge in [-0.25, -0.2) is 19.7 Å². The Balaban J connectivity index is 1.15. The standard InChI is InChI=1S/C28H27N7O4S/c36-26(31-18-1-3-19(4-2-18)33-9-13-38-14-10-33)24-23-22-25(29-17-30-27(22)40-24)35(28(37)32-23)21-7-5-20(6-8-21)34-11-15-39-16-12-34/h1-8,17H,9-16H2,(H,31,36)(H,32,37). The highest BCUT2D eigenvalue weighted by molar-refractivity contribution is 7.21. The molecule has 3 aliphatic heterocycles. The molecular weight excluding hydrogens is 530 g/mol. The van der Waals surface area contributed by atoms with Crippen LogP contribution in [-0.2, 0) is 9.47 Å². The predicted molar refractivity (Wildman–Crippen MR) is 155 cm³/mol. The van der Waals surface area contributed by atoms with Gasteiger partial charge in [-0.2, -0.15) is 0 Å². The molecule has 0 radical (unpaired) electrons. The summed E-state index contributed by atoms with van der Waals surface area (Å²) < 4.78 is 10.9. The number of carbonyl (C=O) groups excluding carboxylic acids is 2. The molecular formula is C28H27N7O4S. The average Bonchev–Trinajstić information content (AvgIpc) is 3.38. The fourth-order valence-corrected chi connectivity index (χ4v) is 6.25. The number of rotatable bonds is 5. The zero-order valence-corrected chi connectivity index (χ0v) is 22.4. The Morgan fingerprint density at radius 1 is 0.825 bits per heavy atom. The molecule has 7 rings (SSSR count). The van der Waals surface area contributed by atoms with Crippen molar-refractivity contribution in [2.75, 3.05) is 77.9 Å². The minimum atomic E-state index is -0.381. The van der Waals surface area contributed by atoms with Crippen molar-refractivity contribution in [3.8, 4) is 0 Å². The second-order valence-corrected chi connectivity index (χ2v) is 10.7. The average molecular weight is 558 g/mol. The lowest BCUT2D eigenvalue weighted by Crippen LogP contribution is -2.36. The number of morpholine rings is 2. The van der Waals surface area contributed by atoms with Gasteiger partial charge in [0, 0.05) is 43.2 Å². The molecule has 4 aromatic rings. The van der Waals surface area contributed by atoms with Gasteiger partial charge in [0.2, 0.25) is 0 Å². The number of benzene rings is 2. The molecule has 3 amide bonds. The van der Waals surface area contributed by atoms with Crippen LogP contribution in [0, 0.1) is 0 Å². The van der Waals surface area contributed by atoms with Gasteiger partial charge in [-0.05, 0) is 48.5 Å². The minimum Gasteiger partial charge on any atom is -0.378 e. The molecule has 0 unspecified atom stereocenters. The number of amides is 3.